The van der Waals surface area contributed by atoms with Crippen LogP contribution in [0.15, 0.2) is 6.07 Å². The number of hydrogen-bond acceptors (Lipinski definition) is 3. The van der Waals surface area contributed by atoms with Gasteiger partial charge in [-0.2, -0.15) is 0 Å². The molecule has 2 N–H and O–H groups in total. The minimum absolute atomic E-state index is 0.216. The topological polar surface area (TPSA) is 46.3 Å². The molecule has 1 amide bonds. The van der Waals surface area contributed by atoms with Gasteiger partial charge in [-0.3, -0.25) is 4.79 Å². The van der Waals surface area contributed by atoms with E-state index >= 15 is 0 Å². The van der Waals surface area contributed by atoms with Gasteiger partial charge in [-0.15, -0.1) is 11.3 Å². The lowest BCUT2D eigenvalue weighted by molar-refractivity contribution is 0.0624. The van der Waals surface area contributed by atoms with Crippen molar-refractivity contribution in [2.75, 3.05) is 6.54 Å². The number of rotatable bonds is 1. The van der Waals surface area contributed by atoms with Crippen molar-refractivity contribution >= 4 is 17.2 Å². The van der Waals surface area contributed by atoms with Gasteiger partial charge in [-0.25, -0.2) is 0 Å². The van der Waals surface area contributed by atoms with Gasteiger partial charge in [0.05, 0.1) is 4.88 Å². The summed E-state index contributed by atoms with van der Waals surface area (Å²) in [4.78, 5) is 16.9. The highest BCUT2D eigenvalue weighted by Crippen LogP contribution is 2.32. The minimum atomic E-state index is 0.216. The van der Waals surface area contributed by atoms with Crippen LogP contribution in [-0.2, 0) is 12.8 Å². The lowest BCUT2D eigenvalue weighted by atomic mass is 9.99. The molecule has 18 heavy (non-hydrogen) atoms. The van der Waals surface area contributed by atoms with Crippen LogP contribution >= 0.6 is 11.3 Å². The van der Waals surface area contributed by atoms with E-state index in [0.717, 1.165) is 37.1 Å². The van der Waals surface area contributed by atoms with Gasteiger partial charge >= 0.3 is 0 Å². The van der Waals surface area contributed by atoms with Crippen LogP contribution in [0.5, 0.6) is 0 Å². The molecule has 0 bridgehead atoms. The van der Waals surface area contributed by atoms with E-state index in [2.05, 4.69) is 13.0 Å². The second kappa shape index (κ2) is 4.67. The average molecular weight is 264 g/mol. The van der Waals surface area contributed by atoms with Crippen LogP contribution < -0.4 is 5.73 Å². The molecule has 0 radical (unpaired) electrons. The molecule has 98 valence electrons. The van der Waals surface area contributed by atoms with Crippen molar-refractivity contribution in [1.29, 1.82) is 0 Å². The highest BCUT2D eigenvalue weighted by molar-refractivity contribution is 7.14. The Labute approximate surface area is 112 Å². The highest BCUT2D eigenvalue weighted by Gasteiger charge is 2.29. The molecule has 0 saturated carbocycles. The Balaban J connectivity index is 1.77. The number of aryl methyl sites for hydroxylation is 2. The van der Waals surface area contributed by atoms with Crippen molar-refractivity contribution in [3.05, 3.63) is 21.4 Å². The largest absolute Gasteiger partial charge is 0.335 e. The first-order valence-corrected chi connectivity index (χ1v) is 7.65. The predicted octanol–water partition coefficient (Wildman–Crippen LogP) is 2.19. The van der Waals surface area contributed by atoms with Crippen molar-refractivity contribution in [3.63, 3.8) is 0 Å². The Morgan fingerprint density at radius 2 is 2.33 bits per heavy atom. The number of nitrogens with two attached hydrogens (primary N) is 1. The van der Waals surface area contributed by atoms with Crippen LogP contribution in [0.4, 0.5) is 0 Å². The third-order valence-corrected chi connectivity index (χ3v) is 5.36. The molecule has 3 rings (SSSR count). The molecule has 2 aliphatic rings. The fourth-order valence-corrected chi connectivity index (χ4v) is 4.30. The SMILES string of the molecule is CC1CC(N)CCN1C(=O)c1cc2c(s1)CCC2. The molecule has 2 heterocycles. The molecular weight excluding hydrogens is 244 g/mol. The molecular formula is C14H20N2OS. The number of fused-ring (bicyclic) bond motifs is 1. The van der Waals surface area contributed by atoms with E-state index in [1.807, 2.05) is 4.90 Å². The monoisotopic (exact) mass is 264 g/mol. The molecule has 1 aliphatic carbocycles. The maximum atomic E-state index is 12.5. The van der Waals surface area contributed by atoms with E-state index in [4.69, 9.17) is 5.73 Å². The van der Waals surface area contributed by atoms with E-state index in [1.165, 1.54) is 16.9 Å². The van der Waals surface area contributed by atoms with Gasteiger partial charge in [-0.1, -0.05) is 0 Å². The molecule has 1 aliphatic heterocycles. The summed E-state index contributed by atoms with van der Waals surface area (Å²) >= 11 is 1.70. The van der Waals surface area contributed by atoms with Crippen LogP contribution in [-0.4, -0.2) is 29.4 Å². The number of carbonyl (C=O) groups is 1. The molecule has 3 nitrogen and oxygen atoms in total. The van der Waals surface area contributed by atoms with Crippen LogP contribution in [0.3, 0.4) is 0 Å². The van der Waals surface area contributed by atoms with Gasteiger partial charge in [0.15, 0.2) is 0 Å². The average Bonchev–Trinajstić information content (AvgIpc) is 2.87. The van der Waals surface area contributed by atoms with Crippen molar-refractivity contribution in [2.24, 2.45) is 5.73 Å². The van der Waals surface area contributed by atoms with E-state index in [1.54, 1.807) is 11.3 Å². The van der Waals surface area contributed by atoms with Crippen molar-refractivity contribution in [2.45, 2.75) is 51.1 Å². The number of nitrogens with zero attached hydrogens (tertiary/aromatic N) is 1. The van der Waals surface area contributed by atoms with E-state index in [-0.39, 0.29) is 18.0 Å². The number of hydrogen-bond donors (Lipinski definition) is 1. The zero-order chi connectivity index (χ0) is 12.7. The molecule has 2 unspecified atom stereocenters. The number of amides is 1. The lowest BCUT2D eigenvalue weighted by Gasteiger charge is -2.36. The second-order valence-corrected chi connectivity index (χ2v) is 6.68. The summed E-state index contributed by atoms with van der Waals surface area (Å²) in [5, 5.41) is 0. The van der Waals surface area contributed by atoms with Gasteiger partial charge in [0.25, 0.3) is 5.91 Å². The highest BCUT2D eigenvalue weighted by atomic mass is 32.1. The Morgan fingerprint density at radius 3 is 3.06 bits per heavy atom. The van der Waals surface area contributed by atoms with Gasteiger partial charge in [0, 0.05) is 23.5 Å². The normalized spacial score (nSPS) is 27.3. The van der Waals surface area contributed by atoms with Crippen LogP contribution in [0, 0.1) is 0 Å². The lowest BCUT2D eigenvalue weighted by Crippen LogP contribution is -2.48. The number of carbonyl (C=O) groups excluding carboxylic acids is 1. The molecule has 2 atom stereocenters. The Hall–Kier alpha value is -0.870. The van der Waals surface area contributed by atoms with Gasteiger partial charge < -0.3 is 10.6 Å². The number of likely N-dealkylation sites (tertiary alicyclic amines) is 1. The van der Waals surface area contributed by atoms with Gasteiger partial charge in [0.1, 0.15) is 0 Å². The predicted molar refractivity (Wildman–Crippen MR) is 74.1 cm³/mol. The van der Waals surface area contributed by atoms with Crippen LogP contribution in [0.1, 0.15) is 46.3 Å². The first-order chi connectivity index (χ1) is 8.65. The van der Waals surface area contributed by atoms with Crippen LogP contribution in [0.25, 0.3) is 0 Å². The van der Waals surface area contributed by atoms with Gasteiger partial charge in [0.2, 0.25) is 0 Å². The summed E-state index contributed by atoms with van der Waals surface area (Å²) in [7, 11) is 0. The minimum Gasteiger partial charge on any atom is -0.335 e. The number of thiophene rings is 1. The standard InChI is InChI=1S/C14H20N2OS/c1-9-7-11(15)5-6-16(9)14(17)13-8-10-3-2-4-12(10)18-13/h8-9,11H,2-7,15H2,1H3. The number of piperidine rings is 1. The van der Waals surface area contributed by atoms with E-state index in [9.17, 15) is 4.79 Å². The van der Waals surface area contributed by atoms with Crippen molar-refractivity contribution < 1.29 is 4.79 Å². The van der Waals surface area contributed by atoms with Crippen molar-refractivity contribution in [3.8, 4) is 0 Å². The first kappa shape index (κ1) is 12.2. The maximum absolute atomic E-state index is 12.5. The Morgan fingerprint density at radius 1 is 1.50 bits per heavy atom. The summed E-state index contributed by atoms with van der Waals surface area (Å²) in [6.07, 6.45) is 5.43. The molecule has 1 aromatic heterocycles. The molecule has 0 aromatic carbocycles. The van der Waals surface area contributed by atoms with E-state index in [0.29, 0.717) is 0 Å². The Bertz CT molecular complexity index is 447. The summed E-state index contributed by atoms with van der Waals surface area (Å²) in [5.41, 5.74) is 7.36. The quantitative estimate of drug-likeness (QED) is 0.845. The molecule has 0 spiro atoms. The summed E-state index contributed by atoms with van der Waals surface area (Å²) in [6, 6.07) is 2.66. The summed E-state index contributed by atoms with van der Waals surface area (Å²) in [6.45, 7) is 2.92. The van der Waals surface area contributed by atoms with E-state index < -0.39 is 0 Å². The van der Waals surface area contributed by atoms with Gasteiger partial charge in [-0.05, 0) is 50.7 Å². The zero-order valence-corrected chi connectivity index (χ0v) is 11.6. The zero-order valence-electron chi connectivity index (χ0n) is 10.8. The second-order valence-electron chi connectivity index (χ2n) is 5.54. The molecule has 4 heteroatoms. The summed E-state index contributed by atoms with van der Waals surface area (Å²) < 4.78 is 0. The molecule has 1 aromatic rings. The Kier molecular flexibility index (Phi) is 3.16. The fourth-order valence-electron chi connectivity index (χ4n) is 3.09. The smallest absolute Gasteiger partial charge is 0.264 e. The third-order valence-electron chi connectivity index (χ3n) is 4.13. The first-order valence-electron chi connectivity index (χ1n) is 6.83. The van der Waals surface area contributed by atoms with Crippen molar-refractivity contribution in [1.82, 2.24) is 4.90 Å². The molecule has 1 fully saturated rings. The maximum Gasteiger partial charge on any atom is 0.264 e. The molecule has 1 saturated heterocycles. The van der Waals surface area contributed by atoms with Crippen LogP contribution in [0.2, 0.25) is 0 Å². The third kappa shape index (κ3) is 2.08. The summed E-state index contributed by atoms with van der Waals surface area (Å²) in [5.74, 6) is 0.216. The fraction of sp³-hybridized carbons (Fsp3) is 0.643.